The average Bonchev–Trinajstić information content (AvgIpc) is 3.04. The molecular formula is C19H26Cl2N4O. The highest BCUT2D eigenvalue weighted by atomic mass is 35.5. The zero-order valence-electron chi connectivity index (χ0n) is 15.2. The number of amides is 1. The number of benzene rings is 1. The summed E-state index contributed by atoms with van der Waals surface area (Å²) in [4.78, 5) is 12.7. The first-order valence-corrected chi connectivity index (χ1v) is 9.22. The predicted octanol–water partition coefficient (Wildman–Crippen LogP) is 3.63. The van der Waals surface area contributed by atoms with Crippen molar-refractivity contribution in [3.63, 3.8) is 0 Å². The minimum absolute atomic E-state index is 0. The Hall–Kier alpha value is -1.56. The molecule has 0 radical (unpaired) electrons. The smallest absolute Gasteiger partial charge is 0.254 e. The van der Waals surface area contributed by atoms with Crippen LogP contribution in [0.3, 0.4) is 0 Å². The molecule has 1 aromatic carbocycles. The van der Waals surface area contributed by atoms with Crippen LogP contribution in [-0.4, -0.2) is 35.3 Å². The number of rotatable bonds is 5. The summed E-state index contributed by atoms with van der Waals surface area (Å²) in [6.45, 7) is 6.99. The third kappa shape index (κ3) is 4.58. The molecule has 1 amide bonds. The third-order valence-corrected chi connectivity index (χ3v) is 5.22. The molecule has 1 aromatic heterocycles. The highest BCUT2D eigenvalue weighted by molar-refractivity contribution is 6.30. The number of hydrogen-bond acceptors (Lipinski definition) is 3. The predicted molar refractivity (Wildman–Crippen MR) is 108 cm³/mol. The van der Waals surface area contributed by atoms with Crippen molar-refractivity contribution in [3.8, 4) is 5.69 Å². The van der Waals surface area contributed by atoms with Gasteiger partial charge in [0.1, 0.15) is 0 Å². The average molecular weight is 397 g/mol. The van der Waals surface area contributed by atoms with Gasteiger partial charge in [0.05, 0.1) is 23.1 Å². The number of hydrogen-bond donors (Lipinski definition) is 2. The second-order valence-electron chi connectivity index (χ2n) is 6.99. The first-order chi connectivity index (χ1) is 12.0. The van der Waals surface area contributed by atoms with Crippen molar-refractivity contribution in [3.05, 3.63) is 46.7 Å². The van der Waals surface area contributed by atoms with Crippen LogP contribution in [0, 0.1) is 5.41 Å². The minimum atomic E-state index is -0.0510. The van der Waals surface area contributed by atoms with E-state index in [4.69, 9.17) is 11.6 Å². The largest absolute Gasteiger partial charge is 0.351 e. The first kappa shape index (κ1) is 20.7. The summed E-state index contributed by atoms with van der Waals surface area (Å²) < 4.78 is 1.80. The Morgan fingerprint density at radius 2 is 2.12 bits per heavy atom. The van der Waals surface area contributed by atoms with E-state index in [1.54, 1.807) is 10.9 Å². The highest BCUT2D eigenvalue weighted by Gasteiger charge is 2.28. The van der Waals surface area contributed by atoms with E-state index in [0.717, 1.165) is 43.7 Å². The number of piperidine rings is 1. The molecule has 7 heteroatoms. The van der Waals surface area contributed by atoms with Crippen LogP contribution in [0.2, 0.25) is 5.02 Å². The van der Waals surface area contributed by atoms with E-state index in [9.17, 15) is 4.79 Å². The number of carbonyl (C=O) groups is 1. The molecule has 1 aliphatic rings. The SMILES string of the molecule is CCc1c(C(=O)NCC2(C)CCNCC2)cnn1-c1cccc(Cl)c1.Cl. The lowest BCUT2D eigenvalue weighted by Crippen LogP contribution is -2.43. The molecule has 0 bridgehead atoms. The summed E-state index contributed by atoms with van der Waals surface area (Å²) in [5, 5.41) is 11.6. The first-order valence-electron chi connectivity index (χ1n) is 8.84. The van der Waals surface area contributed by atoms with Crippen LogP contribution in [0.4, 0.5) is 0 Å². The second-order valence-corrected chi connectivity index (χ2v) is 7.43. The minimum Gasteiger partial charge on any atom is -0.351 e. The van der Waals surface area contributed by atoms with Crippen LogP contribution >= 0.6 is 24.0 Å². The van der Waals surface area contributed by atoms with Crippen molar-refractivity contribution >= 4 is 29.9 Å². The van der Waals surface area contributed by atoms with Gasteiger partial charge in [-0.05, 0) is 56.0 Å². The molecule has 5 nitrogen and oxygen atoms in total. The maximum absolute atomic E-state index is 12.7. The molecule has 0 atom stereocenters. The fraction of sp³-hybridized carbons (Fsp3) is 0.474. The van der Waals surface area contributed by atoms with Gasteiger partial charge in [-0.3, -0.25) is 4.79 Å². The normalized spacial score (nSPS) is 16.0. The van der Waals surface area contributed by atoms with E-state index in [0.29, 0.717) is 17.1 Å². The Balaban J connectivity index is 0.00000243. The molecule has 2 aromatic rings. The zero-order valence-corrected chi connectivity index (χ0v) is 16.8. The molecule has 1 saturated heterocycles. The van der Waals surface area contributed by atoms with Crippen LogP contribution < -0.4 is 10.6 Å². The Bertz CT molecular complexity index is 754. The van der Waals surface area contributed by atoms with Crippen molar-refractivity contribution < 1.29 is 4.79 Å². The van der Waals surface area contributed by atoms with Crippen LogP contribution in [0.1, 0.15) is 42.7 Å². The van der Waals surface area contributed by atoms with Crippen LogP contribution in [0.25, 0.3) is 5.69 Å². The quantitative estimate of drug-likeness (QED) is 0.810. The lowest BCUT2D eigenvalue weighted by Gasteiger charge is -2.34. The number of nitrogens with zero attached hydrogens (tertiary/aromatic N) is 2. The van der Waals surface area contributed by atoms with Crippen molar-refractivity contribution in [2.45, 2.75) is 33.1 Å². The maximum atomic E-state index is 12.7. The summed E-state index contributed by atoms with van der Waals surface area (Å²) >= 11 is 6.09. The van der Waals surface area contributed by atoms with Crippen molar-refractivity contribution in [2.24, 2.45) is 5.41 Å². The fourth-order valence-corrected chi connectivity index (χ4v) is 3.51. The fourth-order valence-electron chi connectivity index (χ4n) is 3.33. The topological polar surface area (TPSA) is 59.0 Å². The Morgan fingerprint density at radius 1 is 1.38 bits per heavy atom. The lowest BCUT2D eigenvalue weighted by molar-refractivity contribution is 0.0921. The van der Waals surface area contributed by atoms with Gasteiger partial charge < -0.3 is 10.6 Å². The summed E-state index contributed by atoms with van der Waals surface area (Å²) in [7, 11) is 0. The van der Waals surface area contributed by atoms with E-state index >= 15 is 0 Å². The summed E-state index contributed by atoms with van der Waals surface area (Å²) in [6.07, 6.45) is 4.53. The molecule has 26 heavy (non-hydrogen) atoms. The highest BCUT2D eigenvalue weighted by Crippen LogP contribution is 2.27. The van der Waals surface area contributed by atoms with E-state index in [1.165, 1.54) is 0 Å². The van der Waals surface area contributed by atoms with Gasteiger partial charge in [0.25, 0.3) is 5.91 Å². The van der Waals surface area contributed by atoms with Crippen LogP contribution in [0.15, 0.2) is 30.5 Å². The van der Waals surface area contributed by atoms with Gasteiger partial charge in [-0.25, -0.2) is 4.68 Å². The molecule has 1 aliphatic heterocycles. The van der Waals surface area contributed by atoms with Crippen LogP contribution in [0.5, 0.6) is 0 Å². The molecule has 0 saturated carbocycles. The monoisotopic (exact) mass is 396 g/mol. The van der Waals surface area contributed by atoms with Gasteiger partial charge in [0, 0.05) is 11.6 Å². The van der Waals surface area contributed by atoms with Gasteiger partial charge in [0.2, 0.25) is 0 Å². The number of aromatic nitrogens is 2. The Kier molecular flexibility index (Phi) is 7.09. The Labute approximate surface area is 165 Å². The molecule has 2 heterocycles. The number of carbonyl (C=O) groups excluding carboxylic acids is 1. The zero-order chi connectivity index (χ0) is 17.9. The summed E-state index contributed by atoms with van der Waals surface area (Å²) in [5.41, 5.74) is 2.57. The molecule has 0 aliphatic carbocycles. The number of nitrogens with one attached hydrogen (secondary N) is 2. The van der Waals surface area contributed by atoms with Gasteiger partial charge in [-0.2, -0.15) is 5.10 Å². The second kappa shape index (κ2) is 8.89. The van der Waals surface area contributed by atoms with E-state index in [1.807, 2.05) is 31.2 Å². The molecule has 3 rings (SSSR count). The standard InChI is InChI=1S/C19H25ClN4O.ClH/c1-3-17-16(12-23-24(17)15-6-4-5-14(20)11-15)18(25)22-13-19(2)7-9-21-10-8-19;/h4-6,11-12,21H,3,7-10,13H2,1-2H3,(H,22,25);1H. The molecule has 2 N–H and O–H groups in total. The maximum Gasteiger partial charge on any atom is 0.254 e. The van der Waals surface area contributed by atoms with E-state index < -0.39 is 0 Å². The molecular weight excluding hydrogens is 371 g/mol. The summed E-state index contributed by atoms with van der Waals surface area (Å²) in [6, 6.07) is 7.51. The number of halogens is 2. The molecule has 0 unspecified atom stereocenters. The molecule has 1 fully saturated rings. The van der Waals surface area contributed by atoms with Gasteiger partial charge in [0.15, 0.2) is 0 Å². The van der Waals surface area contributed by atoms with Crippen molar-refractivity contribution in [1.29, 1.82) is 0 Å². The van der Waals surface area contributed by atoms with Crippen molar-refractivity contribution in [1.82, 2.24) is 20.4 Å². The molecule has 0 spiro atoms. The van der Waals surface area contributed by atoms with Crippen LogP contribution in [-0.2, 0) is 6.42 Å². The van der Waals surface area contributed by atoms with Gasteiger partial charge >= 0.3 is 0 Å². The molecule has 142 valence electrons. The van der Waals surface area contributed by atoms with Crippen molar-refractivity contribution in [2.75, 3.05) is 19.6 Å². The van der Waals surface area contributed by atoms with E-state index in [-0.39, 0.29) is 23.7 Å². The van der Waals surface area contributed by atoms with Gasteiger partial charge in [-0.1, -0.05) is 31.5 Å². The summed E-state index contributed by atoms with van der Waals surface area (Å²) in [5.74, 6) is -0.0510. The lowest BCUT2D eigenvalue weighted by atomic mass is 9.81. The van der Waals surface area contributed by atoms with E-state index in [2.05, 4.69) is 22.7 Å². The third-order valence-electron chi connectivity index (χ3n) is 4.99. The Morgan fingerprint density at radius 3 is 2.77 bits per heavy atom. The van der Waals surface area contributed by atoms with Gasteiger partial charge in [-0.15, -0.1) is 12.4 Å².